The van der Waals surface area contributed by atoms with E-state index in [4.69, 9.17) is 4.52 Å². The van der Waals surface area contributed by atoms with Gasteiger partial charge in [-0.3, -0.25) is 9.89 Å². The number of fused-ring (bicyclic) bond motifs is 2. The molecule has 0 spiro atoms. The predicted molar refractivity (Wildman–Crippen MR) is 152 cm³/mol. The molecule has 2 aromatic heterocycles. The number of aromatic nitrogens is 2. The summed E-state index contributed by atoms with van der Waals surface area (Å²) in [6.07, 6.45) is 10.8. The fourth-order valence-corrected chi connectivity index (χ4v) is 6.30. The lowest BCUT2D eigenvalue weighted by Crippen LogP contribution is -2.32. The fourth-order valence-electron chi connectivity index (χ4n) is 6.30. The van der Waals surface area contributed by atoms with Crippen LogP contribution in [0.15, 0.2) is 56.5 Å². The van der Waals surface area contributed by atoms with E-state index in [2.05, 4.69) is 76.1 Å². The molecule has 1 aromatic carbocycles. The van der Waals surface area contributed by atoms with E-state index in [1.807, 2.05) is 13.0 Å². The number of hydrogen-bond acceptors (Lipinski definition) is 5. The van der Waals surface area contributed by atoms with Crippen LogP contribution in [0.25, 0.3) is 16.5 Å². The van der Waals surface area contributed by atoms with Crippen LogP contribution in [0.4, 0.5) is 0 Å². The van der Waals surface area contributed by atoms with Gasteiger partial charge in [0.05, 0.1) is 17.4 Å². The van der Waals surface area contributed by atoms with Crippen molar-refractivity contribution < 1.29 is 4.52 Å². The summed E-state index contributed by atoms with van der Waals surface area (Å²) >= 11 is 0. The van der Waals surface area contributed by atoms with Crippen molar-refractivity contribution in [3.05, 3.63) is 70.3 Å². The Bertz CT molecular complexity index is 1420. The van der Waals surface area contributed by atoms with Crippen molar-refractivity contribution in [1.82, 2.24) is 15.0 Å². The third kappa shape index (κ3) is 4.75. The molecule has 1 N–H and O–H groups in total. The van der Waals surface area contributed by atoms with E-state index >= 15 is 0 Å². The van der Waals surface area contributed by atoms with E-state index in [0.717, 1.165) is 49.6 Å². The molecule has 3 aliphatic rings. The Hall–Kier alpha value is -3.25. The van der Waals surface area contributed by atoms with Crippen molar-refractivity contribution in [2.45, 2.75) is 77.8 Å². The number of piperidine rings is 1. The van der Waals surface area contributed by atoms with Gasteiger partial charge >= 0.3 is 0 Å². The number of H-pyrrole nitrogens is 1. The van der Waals surface area contributed by atoms with Crippen molar-refractivity contribution in [2.75, 3.05) is 13.1 Å². The Labute approximate surface area is 219 Å². The van der Waals surface area contributed by atoms with Gasteiger partial charge in [0.1, 0.15) is 12.1 Å². The number of hydrogen-bond donors (Lipinski definition) is 1. The SMILES string of the molecule is C/C1=C/C(c2[nH]c3ccc(C4CCN(Cc5cc(C)on5)CC4)cc3c2C(C)C)=C\CCC2N=CN=C12. The average molecular weight is 496 g/mol. The summed E-state index contributed by atoms with van der Waals surface area (Å²) in [6.45, 7) is 11.8. The molecule has 1 aliphatic carbocycles. The van der Waals surface area contributed by atoms with Gasteiger partial charge in [-0.2, -0.15) is 0 Å². The minimum absolute atomic E-state index is 0.218. The molecule has 1 fully saturated rings. The molecule has 1 atom stereocenters. The third-order valence-corrected chi connectivity index (χ3v) is 8.19. The van der Waals surface area contributed by atoms with Crippen LogP contribution in [0.3, 0.4) is 0 Å². The van der Waals surface area contributed by atoms with Crippen LogP contribution in [0.1, 0.15) is 86.6 Å². The molecule has 0 saturated carbocycles. The zero-order chi connectivity index (χ0) is 25.5. The van der Waals surface area contributed by atoms with Gasteiger partial charge in [-0.1, -0.05) is 31.1 Å². The number of nitrogens with zero attached hydrogens (tertiary/aromatic N) is 4. The van der Waals surface area contributed by atoms with Gasteiger partial charge in [-0.15, -0.1) is 0 Å². The monoisotopic (exact) mass is 495 g/mol. The molecule has 3 aromatic rings. The number of aromatic amines is 1. The first-order valence-electron chi connectivity index (χ1n) is 13.7. The Morgan fingerprint density at radius 3 is 2.70 bits per heavy atom. The number of aryl methyl sites for hydroxylation is 1. The van der Waals surface area contributed by atoms with E-state index < -0.39 is 0 Å². The number of benzene rings is 1. The number of allylic oxidation sites excluding steroid dienone is 3. The highest BCUT2D eigenvalue weighted by Crippen LogP contribution is 2.38. The molecule has 1 saturated heterocycles. The fraction of sp³-hybridized carbons (Fsp3) is 0.452. The molecule has 2 aliphatic heterocycles. The van der Waals surface area contributed by atoms with E-state index in [-0.39, 0.29) is 6.04 Å². The second kappa shape index (κ2) is 9.90. The largest absolute Gasteiger partial charge is 0.361 e. The van der Waals surface area contributed by atoms with Gasteiger partial charge < -0.3 is 9.51 Å². The maximum Gasteiger partial charge on any atom is 0.133 e. The molecule has 192 valence electrons. The van der Waals surface area contributed by atoms with Crippen molar-refractivity contribution in [1.29, 1.82) is 0 Å². The van der Waals surface area contributed by atoms with E-state index in [1.54, 1.807) is 6.34 Å². The minimum atomic E-state index is 0.218. The maximum absolute atomic E-state index is 5.25. The molecule has 4 heterocycles. The van der Waals surface area contributed by atoms with Crippen LogP contribution >= 0.6 is 0 Å². The van der Waals surface area contributed by atoms with Gasteiger partial charge in [0.15, 0.2) is 0 Å². The van der Waals surface area contributed by atoms with Crippen molar-refractivity contribution in [2.24, 2.45) is 9.98 Å². The van der Waals surface area contributed by atoms with Crippen LogP contribution in [-0.4, -0.2) is 46.2 Å². The molecule has 1 unspecified atom stereocenters. The summed E-state index contributed by atoms with van der Waals surface area (Å²) in [5.74, 6) is 1.90. The summed E-state index contributed by atoms with van der Waals surface area (Å²) in [5, 5.41) is 5.55. The highest BCUT2D eigenvalue weighted by atomic mass is 16.5. The van der Waals surface area contributed by atoms with Gasteiger partial charge in [-0.25, -0.2) is 4.99 Å². The standard InChI is InChI=1S/C31H37N5O/c1-19(2)29-26-16-23(22-10-12-36(13-11-22)17-25-15-21(4)37-35-25)8-9-27(26)34-31(29)24-6-5-7-28-30(20(3)14-24)33-18-32-28/h6,8-9,14-16,18-19,22,28,34H,5,7,10-13,17H2,1-4H3/b20-14-,24-6+. The zero-order valence-electron chi connectivity index (χ0n) is 22.4. The quantitative estimate of drug-likeness (QED) is 0.417. The number of likely N-dealkylation sites (tertiary alicyclic amines) is 1. The van der Waals surface area contributed by atoms with Gasteiger partial charge in [0.2, 0.25) is 0 Å². The molecule has 0 bridgehead atoms. The lowest BCUT2D eigenvalue weighted by Gasteiger charge is -2.31. The summed E-state index contributed by atoms with van der Waals surface area (Å²) in [4.78, 5) is 15.4. The highest BCUT2D eigenvalue weighted by molar-refractivity contribution is 6.11. The first-order chi connectivity index (χ1) is 18.0. The molecular weight excluding hydrogens is 458 g/mol. The van der Waals surface area contributed by atoms with Crippen molar-refractivity contribution in [3.8, 4) is 0 Å². The molecule has 0 radical (unpaired) electrons. The normalized spacial score (nSPS) is 23.9. The molecule has 6 nitrogen and oxygen atoms in total. The van der Waals surface area contributed by atoms with Crippen LogP contribution < -0.4 is 0 Å². The van der Waals surface area contributed by atoms with E-state index in [1.165, 1.54) is 51.7 Å². The van der Waals surface area contributed by atoms with Gasteiger partial charge in [-0.05, 0) is 105 Å². The smallest absolute Gasteiger partial charge is 0.133 e. The molecule has 6 rings (SSSR count). The third-order valence-electron chi connectivity index (χ3n) is 8.19. The first-order valence-corrected chi connectivity index (χ1v) is 13.7. The minimum Gasteiger partial charge on any atom is -0.361 e. The number of nitrogens with one attached hydrogen (secondary N) is 1. The van der Waals surface area contributed by atoms with Crippen LogP contribution in [0, 0.1) is 6.92 Å². The summed E-state index contributed by atoms with van der Waals surface area (Å²) in [5.41, 5.74) is 10.0. The van der Waals surface area contributed by atoms with Crippen LogP contribution in [0.2, 0.25) is 0 Å². The first kappa shape index (κ1) is 24.1. The summed E-state index contributed by atoms with van der Waals surface area (Å²) < 4.78 is 5.25. The van der Waals surface area contributed by atoms with Gasteiger partial charge in [0.25, 0.3) is 0 Å². The number of aliphatic imine (C=N–C) groups is 2. The topological polar surface area (TPSA) is 69.8 Å². The highest BCUT2D eigenvalue weighted by Gasteiger charge is 2.25. The predicted octanol–water partition coefficient (Wildman–Crippen LogP) is 6.94. The zero-order valence-corrected chi connectivity index (χ0v) is 22.4. The summed E-state index contributed by atoms with van der Waals surface area (Å²) in [7, 11) is 0. The second-order valence-corrected chi connectivity index (χ2v) is 11.2. The molecule has 37 heavy (non-hydrogen) atoms. The Kier molecular flexibility index (Phi) is 6.45. The summed E-state index contributed by atoms with van der Waals surface area (Å²) in [6, 6.07) is 9.38. The van der Waals surface area contributed by atoms with Gasteiger partial charge in [0, 0.05) is 29.2 Å². The Balaban J connectivity index is 1.26. The Morgan fingerprint density at radius 1 is 1.11 bits per heavy atom. The molecular formula is C31H37N5O. The van der Waals surface area contributed by atoms with Crippen LogP contribution in [0.5, 0.6) is 0 Å². The maximum atomic E-state index is 5.25. The average Bonchev–Trinajstić information content (AvgIpc) is 3.60. The number of rotatable bonds is 5. The molecule has 6 heteroatoms. The second-order valence-electron chi connectivity index (χ2n) is 11.2. The van der Waals surface area contributed by atoms with E-state index in [9.17, 15) is 0 Å². The lowest BCUT2D eigenvalue weighted by atomic mass is 9.87. The van der Waals surface area contributed by atoms with Crippen molar-refractivity contribution >= 4 is 28.5 Å². The molecule has 0 amide bonds. The lowest BCUT2D eigenvalue weighted by molar-refractivity contribution is 0.199. The van der Waals surface area contributed by atoms with Crippen molar-refractivity contribution in [3.63, 3.8) is 0 Å². The van der Waals surface area contributed by atoms with E-state index in [0.29, 0.717) is 11.8 Å². The van der Waals surface area contributed by atoms with Crippen LogP contribution in [-0.2, 0) is 6.54 Å². The Morgan fingerprint density at radius 2 is 1.95 bits per heavy atom.